The first kappa shape index (κ1) is 38.7. The fourth-order valence-corrected chi connectivity index (χ4v) is 16.9. The molecule has 0 aromatic rings. The molecule has 8 bridgehead atoms. The average molecular weight is 803 g/mol. The minimum Gasteiger partial charge on any atom is -0.464 e. The molecule has 0 aromatic carbocycles. The van der Waals surface area contributed by atoms with Crippen molar-refractivity contribution in [3.8, 4) is 0 Å². The Bertz CT molecular complexity index is 1490. The van der Waals surface area contributed by atoms with Gasteiger partial charge < -0.3 is 14.2 Å². The molecule has 9 rings (SSSR count). The second kappa shape index (κ2) is 14.1. The second-order valence-electron chi connectivity index (χ2n) is 19.4. The summed E-state index contributed by atoms with van der Waals surface area (Å²) in [5.41, 5.74) is -2.64. The molecule has 53 heavy (non-hydrogen) atoms. The minimum atomic E-state index is -5.97. The largest absolute Gasteiger partial charge is 0.465 e. The molecule has 1 aliphatic heterocycles. The second-order valence-corrected chi connectivity index (χ2v) is 23.4. The molecular weight excluding hydrogens is 747 g/mol. The summed E-state index contributed by atoms with van der Waals surface area (Å²) in [5, 5.41) is -5.03. The molecule has 9 aliphatic rings. The van der Waals surface area contributed by atoms with E-state index in [9.17, 15) is 31.6 Å². The molecule has 6 atom stereocenters. The lowest BCUT2D eigenvalue weighted by Crippen LogP contribution is -2.53. The van der Waals surface area contributed by atoms with E-state index in [1.807, 2.05) is 0 Å². The van der Waals surface area contributed by atoms with Gasteiger partial charge in [0, 0.05) is 11.5 Å². The fourth-order valence-electron chi connectivity index (χ4n) is 13.2. The van der Waals surface area contributed by atoms with E-state index in [2.05, 4.69) is 6.92 Å². The normalized spacial score (nSPS) is 44.9. The monoisotopic (exact) mass is 802 g/mol. The van der Waals surface area contributed by atoms with Crippen molar-refractivity contribution >= 4 is 51.5 Å². The van der Waals surface area contributed by atoms with Crippen molar-refractivity contribution in [1.29, 1.82) is 0 Å². The molecule has 8 saturated carbocycles. The highest BCUT2D eigenvalue weighted by atomic mass is 32.2. The van der Waals surface area contributed by atoms with Crippen LogP contribution in [0.5, 0.6) is 0 Å². The molecule has 0 aromatic heterocycles. The lowest BCUT2D eigenvalue weighted by Gasteiger charge is -2.55. The quantitative estimate of drug-likeness (QED) is 0.131. The van der Waals surface area contributed by atoms with Crippen LogP contribution < -0.4 is 0 Å². The zero-order chi connectivity index (χ0) is 37.4. The number of thioether (sulfide) groups is 2. The maximum absolute atomic E-state index is 14.3. The van der Waals surface area contributed by atoms with Crippen LogP contribution in [0.3, 0.4) is 0 Å². The zero-order valence-electron chi connectivity index (χ0n) is 30.9. The van der Waals surface area contributed by atoms with Crippen molar-refractivity contribution in [2.24, 2.45) is 57.7 Å². The summed E-state index contributed by atoms with van der Waals surface area (Å²) in [4.78, 5) is 40.5. The number of rotatable bonds is 10. The van der Waals surface area contributed by atoms with Crippen LogP contribution in [0.2, 0.25) is 0 Å². The third-order valence-electron chi connectivity index (χ3n) is 14.9. The summed E-state index contributed by atoms with van der Waals surface area (Å²) in [6, 6.07) is 0. The van der Waals surface area contributed by atoms with E-state index in [1.54, 1.807) is 23.5 Å². The van der Waals surface area contributed by atoms with Gasteiger partial charge in [0.15, 0.2) is 0 Å². The van der Waals surface area contributed by atoms with Gasteiger partial charge in [-0.2, -0.15) is 17.2 Å². The number of hydrogen-bond donors (Lipinski definition) is 1. The highest BCUT2D eigenvalue weighted by molar-refractivity contribution is 8.17. The Balaban J connectivity index is 0.964. The SMILES string of the molecule is CC1CC2CCCC(C(=O)OCC3(COC(=O)C45CC6CC(CC(C6)C4)C5)CSC(C4CC5CCCC(OC(=O)C(F)(F)S(=O)(=O)O)(C5)C4)SC3)(C1)C2. The topological polar surface area (TPSA) is 133 Å². The van der Waals surface area contributed by atoms with Gasteiger partial charge in [-0.15, -0.1) is 23.5 Å². The van der Waals surface area contributed by atoms with E-state index in [1.165, 1.54) is 32.1 Å². The molecule has 1 heterocycles. The maximum atomic E-state index is 14.3. The molecule has 0 radical (unpaired) electrons. The number of alkyl halides is 2. The van der Waals surface area contributed by atoms with Crippen molar-refractivity contribution < 1.29 is 50.3 Å². The van der Waals surface area contributed by atoms with Crippen molar-refractivity contribution in [3.05, 3.63) is 0 Å². The molecule has 0 spiro atoms. The van der Waals surface area contributed by atoms with Crippen LogP contribution in [0.25, 0.3) is 0 Å². The number of carbonyl (C=O) groups excluding carboxylic acids is 3. The van der Waals surface area contributed by atoms with E-state index < -0.39 is 43.2 Å². The first-order chi connectivity index (χ1) is 25.0. The average Bonchev–Trinajstić information content (AvgIpc) is 3.08. The van der Waals surface area contributed by atoms with Gasteiger partial charge in [0.05, 0.1) is 20.8 Å². The predicted octanol–water partition coefficient (Wildman–Crippen LogP) is 8.05. The highest BCUT2D eigenvalue weighted by Gasteiger charge is 2.59. The van der Waals surface area contributed by atoms with E-state index in [-0.39, 0.29) is 41.6 Å². The summed E-state index contributed by atoms with van der Waals surface area (Å²) in [5.74, 6) is 1.79. The Labute approximate surface area is 321 Å². The zero-order valence-corrected chi connectivity index (χ0v) is 33.3. The van der Waals surface area contributed by atoms with Gasteiger partial charge in [-0.1, -0.05) is 26.2 Å². The van der Waals surface area contributed by atoms with E-state index in [4.69, 9.17) is 18.8 Å². The molecule has 9 nitrogen and oxygen atoms in total. The first-order valence-corrected chi connectivity index (χ1v) is 23.7. The summed E-state index contributed by atoms with van der Waals surface area (Å²) in [7, 11) is -5.97. The van der Waals surface area contributed by atoms with Crippen molar-refractivity contribution in [2.45, 2.75) is 138 Å². The smallest absolute Gasteiger partial charge is 0.464 e. The predicted molar refractivity (Wildman–Crippen MR) is 196 cm³/mol. The van der Waals surface area contributed by atoms with Gasteiger partial charge >= 0.3 is 33.3 Å². The number of hydrogen-bond acceptors (Lipinski definition) is 10. The molecule has 298 valence electrons. The maximum Gasteiger partial charge on any atom is 0.465 e. The van der Waals surface area contributed by atoms with Gasteiger partial charge in [0.2, 0.25) is 0 Å². The van der Waals surface area contributed by atoms with Crippen molar-refractivity contribution in [3.63, 3.8) is 0 Å². The fraction of sp³-hybridized carbons (Fsp3) is 0.923. The molecule has 9 fully saturated rings. The van der Waals surface area contributed by atoms with Crippen LogP contribution in [-0.2, 0) is 38.7 Å². The summed E-state index contributed by atoms with van der Waals surface area (Å²) in [6.07, 6.45) is 15.9. The third-order valence-corrected chi connectivity index (χ3v) is 19.5. The lowest BCUT2D eigenvalue weighted by atomic mass is 9.49. The van der Waals surface area contributed by atoms with E-state index in [0.717, 1.165) is 57.8 Å². The standard InChI is InChI=1S/C39H56F2O9S3/c1-24-8-25-4-2-6-36(13-24,14-25)32(42)48-20-35(21-49-33(43)37-15-27-9-28(16-37)11-29(10-27)17-37)22-51-31(52-23-35)30-12-26-5-3-7-38(18-26,19-30)50-34(44)39(40,41)53(45,46)47/h24-31H,2-23H2,1H3,(H,45,46,47). The summed E-state index contributed by atoms with van der Waals surface area (Å²) < 4.78 is 78.4. The third kappa shape index (κ3) is 7.43. The van der Waals surface area contributed by atoms with Crippen molar-refractivity contribution in [2.75, 3.05) is 24.7 Å². The van der Waals surface area contributed by atoms with E-state index >= 15 is 0 Å². The molecule has 0 amide bonds. The highest BCUT2D eigenvalue weighted by Crippen LogP contribution is 2.61. The Morgan fingerprint density at radius 1 is 0.736 bits per heavy atom. The summed E-state index contributed by atoms with van der Waals surface area (Å²) >= 11 is 3.43. The molecular formula is C39H56F2O9S3. The Kier molecular flexibility index (Phi) is 10.3. The molecule has 14 heteroatoms. The van der Waals surface area contributed by atoms with Gasteiger partial charge in [-0.25, -0.2) is 4.79 Å². The Morgan fingerprint density at radius 2 is 1.28 bits per heavy atom. The first-order valence-electron chi connectivity index (χ1n) is 20.2. The van der Waals surface area contributed by atoms with Gasteiger partial charge in [0.1, 0.15) is 18.8 Å². The van der Waals surface area contributed by atoms with Crippen LogP contribution in [0.15, 0.2) is 0 Å². The molecule has 1 saturated heterocycles. The van der Waals surface area contributed by atoms with Gasteiger partial charge in [-0.05, 0) is 138 Å². The lowest BCUT2D eigenvalue weighted by molar-refractivity contribution is -0.189. The van der Waals surface area contributed by atoms with Crippen LogP contribution in [0.4, 0.5) is 8.78 Å². The number of carbonyl (C=O) groups is 3. The van der Waals surface area contributed by atoms with E-state index in [0.29, 0.717) is 66.8 Å². The Morgan fingerprint density at radius 3 is 1.89 bits per heavy atom. The number of fused-ring (bicyclic) bond motifs is 4. The molecule has 8 aliphatic carbocycles. The van der Waals surface area contributed by atoms with Crippen LogP contribution in [-0.4, -0.2) is 71.0 Å². The van der Waals surface area contributed by atoms with Gasteiger partial charge in [0.25, 0.3) is 0 Å². The Hall–Kier alpha value is -1.12. The minimum absolute atomic E-state index is 0.00752. The molecule has 6 unspecified atom stereocenters. The summed E-state index contributed by atoms with van der Waals surface area (Å²) in [6.45, 7) is 2.59. The number of esters is 3. The number of ether oxygens (including phenoxy) is 3. The number of halogens is 2. The van der Waals surface area contributed by atoms with Crippen LogP contribution >= 0.6 is 23.5 Å². The molecule has 1 N–H and O–H groups in total. The van der Waals surface area contributed by atoms with Crippen molar-refractivity contribution in [1.82, 2.24) is 0 Å². The van der Waals surface area contributed by atoms with Crippen LogP contribution in [0, 0.1) is 57.7 Å². The van der Waals surface area contributed by atoms with Gasteiger partial charge in [-0.3, -0.25) is 14.1 Å². The van der Waals surface area contributed by atoms with Crippen LogP contribution in [0.1, 0.15) is 122 Å².